The van der Waals surface area contributed by atoms with Crippen LogP contribution in [0.4, 0.5) is 5.13 Å². The zero-order valence-corrected chi connectivity index (χ0v) is 10.3. The zero-order chi connectivity index (χ0) is 12.1. The lowest BCUT2D eigenvalue weighted by molar-refractivity contribution is 0.0932. The topological polar surface area (TPSA) is 88.2 Å². The quantitative estimate of drug-likeness (QED) is 0.717. The first-order valence-electron chi connectivity index (χ1n) is 5.23. The number of hydrogen-bond donors (Lipinski definition) is 3. The highest BCUT2D eigenvalue weighted by molar-refractivity contribution is 7.17. The number of nitrogens with two attached hydrogens (primary N) is 1. The van der Waals surface area contributed by atoms with Gasteiger partial charge >= 0.3 is 0 Å². The Hall–Kier alpha value is -1.14. The molecule has 16 heavy (non-hydrogen) atoms. The van der Waals surface area contributed by atoms with Crippen LogP contribution in [0.15, 0.2) is 0 Å². The van der Waals surface area contributed by atoms with Crippen LogP contribution in [0, 0.1) is 6.92 Å². The van der Waals surface area contributed by atoms with Crippen molar-refractivity contribution in [2.45, 2.75) is 32.7 Å². The summed E-state index contributed by atoms with van der Waals surface area (Å²) < 4.78 is 0. The highest BCUT2D eigenvalue weighted by atomic mass is 32.1. The molecular weight excluding hydrogens is 226 g/mol. The monoisotopic (exact) mass is 243 g/mol. The number of amides is 1. The van der Waals surface area contributed by atoms with Gasteiger partial charge in [0.05, 0.1) is 5.69 Å². The summed E-state index contributed by atoms with van der Waals surface area (Å²) >= 11 is 1.19. The number of aliphatic hydroxyl groups excluding tert-OH is 1. The van der Waals surface area contributed by atoms with Crippen molar-refractivity contribution in [3.8, 4) is 0 Å². The average Bonchev–Trinajstić information content (AvgIpc) is 2.57. The van der Waals surface area contributed by atoms with Crippen LogP contribution in [0.3, 0.4) is 0 Å². The summed E-state index contributed by atoms with van der Waals surface area (Å²) in [4.78, 5) is 16.4. The molecule has 0 aliphatic rings. The molecule has 0 aliphatic heterocycles. The number of nitrogen functional groups attached to an aromatic ring is 1. The molecule has 0 aliphatic carbocycles. The van der Waals surface area contributed by atoms with Crippen molar-refractivity contribution in [1.82, 2.24) is 10.3 Å². The molecule has 0 saturated heterocycles. The van der Waals surface area contributed by atoms with E-state index in [1.54, 1.807) is 6.92 Å². The third kappa shape index (κ3) is 3.18. The van der Waals surface area contributed by atoms with E-state index in [9.17, 15) is 4.79 Å². The van der Waals surface area contributed by atoms with Crippen molar-refractivity contribution in [1.29, 1.82) is 0 Å². The number of nitrogens with zero attached hydrogens (tertiary/aromatic N) is 1. The van der Waals surface area contributed by atoms with Gasteiger partial charge in [0.25, 0.3) is 5.91 Å². The Morgan fingerprint density at radius 2 is 2.38 bits per heavy atom. The van der Waals surface area contributed by atoms with Crippen LogP contribution in [0.2, 0.25) is 0 Å². The molecule has 6 heteroatoms. The molecule has 1 heterocycles. The van der Waals surface area contributed by atoms with E-state index in [2.05, 4.69) is 10.3 Å². The number of aromatic nitrogens is 1. The van der Waals surface area contributed by atoms with E-state index < -0.39 is 0 Å². The molecule has 0 spiro atoms. The maximum absolute atomic E-state index is 11.8. The fourth-order valence-electron chi connectivity index (χ4n) is 1.41. The highest BCUT2D eigenvalue weighted by Crippen LogP contribution is 2.19. The Balaban J connectivity index is 2.67. The van der Waals surface area contributed by atoms with Gasteiger partial charge in [-0.3, -0.25) is 4.79 Å². The van der Waals surface area contributed by atoms with Crippen molar-refractivity contribution >= 4 is 22.4 Å². The summed E-state index contributed by atoms with van der Waals surface area (Å²) in [6, 6.07) is 0.000208. The van der Waals surface area contributed by atoms with Crippen LogP contribution in [0.25, 0.3) is 0 Å². The first-order chi connectivity index (χ1) is 7.58. The van der Waals surface area contributed by atoms with Crippen LogP contribution in [0.1, 0.15) is 35.1 Å². The van der Waals surface area contributed by atoms with Crippen LogP contribution in [-0.2, 0) is 0 Å². The molecule has 1 aromatic rings. The maximum atomic E-state index is 11.8. The zero-order valence-electron chi connectivity index (χ0n) is 9.49. The lowest BCUT2D eigenvalue weighted by atomic mass is 10.1. The number of anilines is 1. The Morgan fingerprint density at radius 3 is 2.81 bits per heavy atom. The molecule has 0 radical (unpaired) electrons. The second kappa shape index (κ2) is 5.81. The van der Waals surface area contributed by atoms with E-state index in [1.165, 1.54) is 11.3 Å². The lowest BCUT2D eigenvalue weighted by Gasteiger charge is -2.14. The minimum absolute atomic E-state index is 0.000208. The van der Waals surface area contributed by atoms with E-state index in [0.29, 0.717) is 22.1 Å². The molecule has 4 N–H and O–H groups in total. The van der Waals surface area contributed by atoms with Crippen LogP contribution >= 0.6 is 11.3 Å². The predicted octanol–water partition coefficient (Wildman–Crippen LogP) is 0.925. The van der Waals surface area contributed by atoms with Crippen LogP contribution < -0.4 is 11.1 Å². The van der Waals surface area contributed by atoms with Gasteiger partial charge in [0.2, 0.25) is 0 Å². The summed E-state index contributed by atoms with van der Waals surface area (Å²) in [6.45, 7) is 3.80. The fraction of sp³-hybridized carbons (Fsp3) is 0.600. The number of aryl methyl sites for hydroxylation is 1. The molecule has 1 atom stereocenters. The van der Waals surface area contributed by atoms with Gasteiger partial charge in [-0.1, -0.05) is 18.3 Å². The molecule has 0 saturated carbocycles. The van der Waals surface area contributed by atoms with Gasteiger partial charge in [-0.25, -0.2) is 4.98 Å². The Labute approximate surface area is 98.7 Å². The van der Waals surface area contributed by atoms with Gasteiger partial charge in [0.15, 0.2) is 5.13 Å². The molecule has 90 valence electrons. The molecule has 1 rings (SSSR count). The number of rotatable bonds is 5. The molecule has 0 fully saturated rings. The van der Waals surface area contributed by atoms with E-state index in [4.69, 9.17) is 10.8 Å². The number of hydrogen-bond acceptors (Lipinski definition) is 5. The number of nitrogens with one attached hydrogen (secondary N) is 1. The molecule has 5 nitrogen and oxygen atoms in total. The minimum atomic E-state index is -0.160. The standard InChI is InChI=1S/C10H17N3O2S/c1-3-7(4-5-14)13-9(15)8-6(2)12-10(11)16-8/h7,14H,3-5H2,1-2H3,(H2,11,12)(H,13,15). The first kappa shape index (κ1) is 12.9. The maximum Gasteiger partial charge on any atom is 0.263 e. The molecule has 1 amide bonds. The smallest absolute Gasteiger partial charge is 0.263 e. The van der Waals surface area contributed by atoms with E-state index in [0.717, 1.165) is 6.42 Å². The van der Waals surface area contributed by atoms with Crippen LogP contribution in [-0.4, -0.2) is 28.6 Å². The van der Waals surface area contributed by atoms with Gasteiger partial charge < -0.3 is 16.2 Å². The highest BCUT2D eigenvalue weighted by Gasteiger charge is 2.16. The molecule has 0 aromatic carbocycles. The second-order valence-corrected chi connectivity index (χ2v) is 4.59. The number of carbonyl (C=O) groups is 1. The number of aliphatic hydroxyl groups is 1. The minimum Gasteiger partial charge on any atom is -0.396 e. The van der Waals surface area contributed by atoms with Gasteiger partial charge in [-0.15, -0.1) is 0 Å². The summed E-state index contributed by atoms with van der Waals surface area (Å²) in [7, 11) is 0. The third-order valence-corrected chi connectivity index (χ3v) is 3.31. The van der Waals surface area contributed by atoms with Crippen molar-refractivity contribution in [2.75, 3.05) is 12.3 Å². The van der Waals surface area contributed by atoms with Crippen molar-refractivity contribution in [3.63, 3.8) is 0 Å². The molecule has 1 unspecified atom stereocenters. The number of carbonyl (C=O) groups excluding carboxylic acids is 1. The van der Waals surface area contributed by atoms with E-state index in [-0.39, 0.29) is 18.6 Å². The van der Waals surface area contributed by atoms with Gasteiger partial charge in [0.1, 0.15) is 4.88 Å². The third-order valence-electron chi connectivity index (χ3n) is 2.32. The fourth-order valence-corrected chi connectivity index (χ4v) is 2.15. The average molecular weight is 243 g/mol. The van der Waals surface area contributed by atoms with E-state index in [1.807, 2.05) is 6.92 Å². The van der Waals surface area contributed by atoms with Crippen molar-refractivity contribution in [2.24, 2.45) is 0 Å². The lowest BCUT2D eigenvalue weighted by Crippen LogP contribution is -2.34. The Bertz CT molecular complexity index is 365. The molecular formula is C10H17N3O2S. The summed E-state index contributed by atoms with van der Waals surface area (Å²) in [5.74, 6) is -0.160. The summed E-state index contributed by atoms with van der Waals surface area (Å²) in [6.07, 6.45) is 1.36. The van der Waals surface area contributed by atoms with Crippen molar-refractivity contribution in [3.05, 3.63) is 10.6 Å². The SMILES string of the molecule is CCC(CCO)NC(=O)c1sc(N)nc1C. The predicted molar refractivity (Wildman–Crippen MR) is 64.5 cm³/mol. The van der Waals surface area contributed by atoms with E-state index >= 15 is 0 Å². The van der Waals surface area contributed by atoms with Gasteiger partial charge in [-0.05, 0) is 19.8 Å². The summed E-state index contributed by atoms with van der Waals surface area (Å²) in [5.41, 5.74) is 6.18. The van der Waals surface area contributed by atoms with Gasteiger partial charge in [-0.2, -0.15) is 0 Å². The largest absolute Gasteiger partial charge is 0.396 e. The van der Waals surface area contributed by atoms with Crippen LogP contribution in [0.5, 0.6) is 0 Å². The van der Waals surface area contributed by atoms with Gasteiger partial charge in [0, 0.05) is 12.6 Å². The Morgan fingerprint density at radius 1 is 1.69 bits per heavy atom. The Kier molecular flexibility index (Phi) is 4.70. The first-order valence-corrected chi connectivity index (χ1v) is 6.04. The number of thiazole rings is 1. The second-order valence-electron chi connectivity index (χ2n) is 3.56. The molecule has 1 aromatic heterocycles. The normalized spacial score (nSPS) is 12.4. The van der Waals surface area contributed by atoms with Crippen molar-refractivity contribution < 1.29 is 9.90 Å². The molecule has 0 bridgehead atoms. The summed E-state index contributed by atoms with van der Waals surface area (Å²) in [5, 5.41) is 12.1.